The molecule has 0 aliphatic heterocycles. The van der Waals surface area contributed by atoms with Crippen LogP contribution in [0.1, 0.15) is 24.1 Å². The summed E-state index contributed by atoms with van der Waals surface area (Å²) in [4.78, 5) is 6.20. The van der Waals surface area contributed by atoms with Crippen molar-refractivity contribution in [3.8, 4) is 5.69 Å². The van der Waals surface area contributed by atoms with Gasteiger partial charge in [-0.3, -0.25) is 0 Å². The average Bonchev–Trinajstić information content (AvgIpc) is 3.15. The molecule has 0 aliphatic rings. The van der Waals surface area contributed by atoms with Crippen LogP contribution >= 0.6 is 12.4 Å². The maximum atomic E-state index is 4.08. The van der Waals surface area contributed by atoms with E-state index in [2.05, 4.69) is 84.8 Å². The molecule has 5 heteroatoms. The summed E-state index contributed by atoms with van der Waals surface area (Å²) in [5, 5.41) is 3.59. The Kier molecular flexibility index (Phi) is 6.62. The molecular weight excluding hydrogens is 332 g/mol. The molecule has 0 saturated heterocycles. The van der Waals surface area contributed by atoms with Crippen LogP contribution in [0.3, 0.4) is 0 Å². The highest BCUT2D eigenvalue weighted by Crippen LogP contribution is 2.17. The predicted molar refractivity (Wildman–Crippen MR) is 107 cm³/mol. The van der Waals surface area contributed by atoms with Crippen molar-refractivity contribution in [1.82, 2.24) is 14.9 Å². The van der Waals surface area contributed by atoms with Crippen molar-refractivity contribution >= 4 is 18.1 Å². The van der Waals surface area contributed by atoms with E-state index in [1.807, 2.05) is 17.1 Å². The number of rotatable bonds is 6. The van der Waals surface area contributed by atoms with Crippen LogP contribution in [0.15, 0.2) is 67.3 Å². The van der Waals surface area contributed by atoms with Gasteiger partial charge in [0.15, 0.2) is 0 Å². The van der Waals surface area contributed by atoms with E-state index in [0.29, 0.717) is 6.04 Å². The second kappa shape index (κ2) is 8.70. The molecule has 1 N–H and O–H groups in total. The summed E-state index contributed by atoms with van der Waals surface area (Å²) in [6, 6.07) is 17.6. The molecule has 0 fully saturated rings. The lowest BCUT2D eigenvalue weighted by Crippen LogP contribution is -2.18. The summed E-state index contributed by atoms with van der Waals surface area (Å²) in [5.41, 5.74) is 4.93. The van der Waals surface area contributed by atoms with Gasteiger partial charge in [-0.25, -0.2) is 4.98 Å². The van der Waals surface area contributed by atoms with Gasteiger partial charge in [0.1, 0.15) is 0 Å². The van der Waals surface area contributed by atoms with Crippen molar-refractivity contribution in [1.29, 1.82) is 0 Å². The number of hydrogen-bond donors (Lipinski definition) is 1. The Bertz CT molecular complexity index is 749. The summed E-state index contributed by atoms with van der Waals surface area (Å²) in [6.07, 6.45) is 5.56. The van der Waals surface area contributed by atoms with Crippen LogP contribution in [-0.2, 0) is 6.54 Å². The molecule has 1 aromatic heterocycles. The van der Waals surface area contributed by atoms with Crippen molar-refractivity contribution in [2.75, 3.05) is 19.0 Å². The molecular formula is C20H25ClN4. The number of imidazole rings is 1. The minimum atomic E-state index is 0. The van der Waals surface area contributed by atoms with Crippen LogP contribution in [0, 0.1) is 0 Å². The van der Waals surface area contributed by atoms with E-state index in [1.54, 1.807) is 6.20 Å². The number of hydrogen-bond acceptors (Lipinski definition) is 3. The first-order valence-electron chi connectivity index (χ1n) is 8.21. The van der Waals surface area contributed by atoms with E-state index in [0.717, 1.165) is 12.2 Å². The van der Waals surface area contributed by atoms with E-state index in [9.17, 15) is 0 Å². The fraction of sp³-hybridized carbons (Fsp3) is 0.250. The van der Waals surface area contributed by atoms with Crippen molar-refractivity contribution in [3.05, 3.63) is 78.4 Å². The Hall–Kier alpha value is -2.30. The molecule has 25 heavy (non-hydrogen) atoms. The number of nitrogens with one attached hydrogen (secondary N) is 1. The maximum Gasteiger partial charge on any atom is 0.0991 e. The van der Waals surface area contributed by atoms with Gasteiger partial charge in [-0.15, -0.1) is 12.4 Å². The fourth-order valence-corrected chi connectivity index (χ4v) is 2.65. The molecule has 1 atom stereocenters. The summed E-state index contributed by atoms with van der Waals surface area (Å²) in [6.45, 7) is 3.05. The van der Waals surface area contributed by atoms with E-state index in [1.165, 1.54) is 16.8 Å². The highest BCUT2D eigenvalue weighted by atomic mass is 35.5. The Labute approximate surface area is 155 Å². The molecule has 0 spiro atoms. The lowest BCUT2D eigenvalue weighted by molar-refractivity contribution is 0.574. The third-order valence-electron chi connectivity index (χ3n) is 4.26. The van der Waals surface area contributed by atoms with Crippen LogP contribution in [0.5, 0.6) is 0 Å². The smallest absolute Gasteiger partial charge is 0.0991 e. The second-order valence-electron chi connectivity index (χ2n) is 6.22. The van der Waals surface area contributed by atoms with Gasteiger partial charge in [0.2, 0.25) is 0 Å². The van der Waals surface area contributed by atoms with Crippen LogP contribution in [-0.4, -0.2) is 23.6 Å². The fourth-order valence-electron chi connectivity index (χ4n) is 2.65. The summed E-state index contributed by atoms with van der Waals surface area (Å²) >= 11 is 0. The first-order valence-corrected chi connectivity index (χ1v) is 8.21. The minimum Gasteiger partial charge on any atom is -0.378 e. The molecule has 1 unspecified atom stereocenters. The van der Waals surface area contributed by atoms with E-state index in [-0.39, 0.29) is 12.4 Å². The quantitative estimate of drug-likeness (QED) is 0.718. The molecule has 3 rings (SSSR count). The Morgan fingerprint density at radius 1 is 1.04 bits per heavy atom. The SMILES string of the molecule is CC(NCc1ccc(N(C)C)cc1)c1ccc(-n2ccnc2)cc1.Cl. The minimum absolute atomic E-state index is 0. The number of halogens is 1. The molecule has 0 amide bonds. The van der Waals surface area contributed by atoms with Gasteiger partial charge in [-0.05, 0) is 42.3 Å². The molecule has 3 aromatic rings. The summed E-state index contributed by atoms with van der Waals surface area (Å²) < 4.78 is 2.01. The number of anilines is 1. The van der Waals surface area contributed by atoms with Crippen LogP contribution in [0.25, 0.3) is 5.69 Å². The zero-order valence-corrected chi connectivity index (χ0v) is 15.7. The van der Waals surface area contributed by atoms with E-state index in [4.69, 9.17) is 0 Å². The lowest BCUT2D eigenvalue weighted by Gasteiger charge is -2.16. The summed E-state index contributed by atoms with van der Waals surface area (Å²) in [7, 11) is 4.12. The van der Waals surface area contributed by atoms with Gasteiger partial charge < -0.3 is 14.8 Å². The van der Waals surface area contributed by atoms with Crippen LogP contribution in [0.4, 0.5) is 5.69 Å². The third-order valence-corrected chi connectivity index (χ3v) is 4.26. The first-order chi connectivity index (χ1) is 11.6. The largest absolute Gasteiger partial charge is 0.378 e. The number of nitrogens with zero attached hydrogens (tertiary/aromatic N) is 3. The Balaban J connectivity index is 0.00000225. The Morgan fingerprint density at radius 3 is 2.28 bits per heavy atom. The van der Waals surface area contributed by atoms with Gasteiger partial charge in [0, 0.05) is 50.5 Å². The van der Waals surface area contributed by atoms with E-state index >= 15 is 0 Å². The van der Waals surface area contributed by atoms with Gasteiger partial charge >= 0.3 is 0 Å². The highest BCUT2D eigenvalue weighted by Gasteiger charge is 2.06. The zero-order valence-electron chi connectivity index (χ0n) is 14.9. The lowest BCUT2D eigenvalue weighted by atomic mass is 10.1. The summed E-state index contributed by atoms with van der Waals surface area (Å²) in [5.74, 6) is 0. The topological polar surface area (TPSA) is 33.1 Å². The maximum absolute atomic E-state index is 4.08. The van der Waals surface area contributed by atoms with Crippen molar-refractivity contribution in [2.24, 2.45) is 0 Å². The highest BCUT2D eigenvalue weighted by molar-refractivity contribution is 5.85. The molecule has 0 radical (unpaired) electrons. The molecule has 4 nitrogen and oxygen atoms in total. The molecule has 132 valence electrons. The van der Waals surface area contributed by atoms with Gasteiger partial charge in [0.25, 0.3) is 0 Å². The predicted octanol–water partition coefficient (Wildman–Crippen LogP) is 4.21. The average molecular weight is 357 g/mol. The normalized spacial score (nSPS) is 11.6. The van der Waals surface area contributed by atoms with Crippen molar-refractivity contribution in [2.45, 2.75) is 19.5 Å². The van der Waals surface area contributed by atoms with E-state index < -0.39 is 0 Å². The van der Waals surface area contributed by atoms with Crippen LogP contribution in [0.2, 0.25) is 0 Å². The third kappa shape index (κ3) is 4.84. The standard InChI is InChI=1S/C20H24N4.ClH/c1-16(22-14-17-4-8-19(9-5-17)23(2)3)18-6-10-20(11-7-18)24-13-12-21-15-24;/h4-13,15-16,22H,14H2,1-3H3;1H. The molecule has 1 heterocycles. The number of aromatic nitrogens is 2. The van der Waals surface area contributed by atoms with Crippen molar-refractivity contribution < 1.29 is 0 Å². The molecule has 0 aliphatic carbocycles. The van der Waals surface area contributed by atoms with Gasteiger partial charge in [-0.2, -0.15) is 0 Å². The zero-order chi connectivity index (χ0) is 16.9. The van der Waals surface area contributed by atoms with Crippen molar-refractivity contribution in [3.63, 3.8) is 0 Å². The molecule has 0 bridgehead atoms. The van der Waals surface area contributed by atoms with Gasteiger partial charge in [0.05, 0.1) is 6.33 Å². The monoisotopic (exact) mass is 356 g/mol. The number of benzene rings is 2. The first kappa shape index (κ1) is 19.0. The van der Waals surface area contributed by atoms with Gasteiger partial charge in [-0.1, -0.05) is 24.3 Å². The molecule has 0 saturated carbocycles. The molecule has 2 aromatic carbocycles. The second-order valence-corrected chi connectivity index (χ2v) is 6.22. The Morgan fingerprint density at radius 2 is 1.72 bits per heavy atom. The van der Waals surface area contributed by atoms with Crippen LogP contribution < -0.4 is 10.2 Å².